The molecule has 4 nitrogen and oxygen atoms in total. The number of rotatable bonds is 3. The topological polar surface area (TPSA) is 54.2 Å². The van der Waals surface area contributed by atoms with Gasteiger partial charge in [-0.2, -0.15) is 5.11 Å². The maximum absolute atomic E-state index is 9.11. The lowest BCUT2D eigenvalue weighted by atomic mass is 10.1. The van der Waals surface area contributed by atoms with Crippen molar-refractivity contribution in [2.45, 2.75) is 0 Å². The van der Waals surface area contributed by atoms with Crippen LogP contribution in [-0.2, 0) is 0 Å². The van der Waals surface area contributed by atoms with Crippen molar-refractivity contribution in [3.63, 3.8) is 0 Å². The zero-order valence-corrected chi connectivity index (χ0v) is 10.6. The Morgan fingerprint density at radius 2 is 1.50 bits per heavy atom. The van der Waals surface area contributed by atoms with Gasteiger partial charge in [-0.3, -0.25) is 0 Å². The predicted molar refractivity (Wildman–Crippen MR) is 77.8 cm³/mol. The van der Waals surface area contributed by atoms with Crippen molar-refractivity contribution in [1.29, 1.82) is 0 Å². The van der Waals surface area contributed by atoms with Crippen LogP contribution in [0.3, 0.4) is 0 Å². The maximum Gasteiger partial charge on any atom is 0.200 e. The first kappa shape index (κ1) is 12.3. The number of hydrogen-bond acceptors (Lipinski definition) is 4. The number of hydrogen-bond donors (Lipinski definition) is 1. The minimum absolute atomic E-state index is 0.308. The van der Waals surface area contributed by atoms with Gasteiger partial charge in [-0.05, 0) is 23.6 Å². The van der Waals surface area contributed by atoms with Crippen LogP contribution in [0.15, 0.2) is 77.0 Å². The maximum atomic E-state index is 9.11. The van der Waals surface area contributed by atoms with Crippen molar-refractivity contribution < 1.29 is 10.1 Å². The zero-order valence-electron chi connectivity index (χ0n) is 10.6. The summed E-state index contributed by atoms with van der Waals surface area (Å²) >= 11 is 0. The molecule has 3 aromatic rings. The van der Waals surface area contributed by atoms with Crippen molar-refractivity contribution in [3.05, 3.63) is 66.7 Å². The summed E-state index contributed by atoms with van der Waals surface area (Å²) in [6.45, 7) is 0. The molecule has 0 fully saturated rings. The fourth-order valence-corrected chi connectivity index (χ4v) is 2.01. The lowest BCUT2D eigenvalue weighted by Gasteiger charge is -2.05. The molecule has 0 saturated heterocycles. The largest absolute Gasteiger partial charge is 0.337 e. The van der Waals surface area contributed by atoms with E-state index in [0.717, 1.165) is 16.5 Å². The monoisotopic (exact) mass is 264 g/mol. The molecule has 1 N–H and O–H groups in total. The highest BCUT2D eigenvalue weighted by atomic mass is 17.1. The Morgan fingerprint density at radius 3 is 2.30 bits per heavy atom. The van der Waals surface area contributed by atoms with Gasteiger partial charge in [0.05, 0.1) is 5.69 Å². The van der Waals surface area contributed by atoms with Gasteiger partial charge in [-0.15, -0.1) is 5.11 Å². The quantitative estimate of drug-likeness (QED) is 0.406. The zero-order chi connectivity index (χ0) is 13.8. The molecule has 0 spiro atoms. The minimum atomic E-state index is 0.308. The van der Waals surface area contributed by atoms with Crippen LogP contribution in [-0.4, -0.2) is 5.26 Å². The van der Waals surface area contributed by atoms with E-state index in [1.54, 1.807) is 6.07 Å². The molecule has 0 heterocycles. The SMILES string of the molecule is OOc1c(N=Nc2ccccc2)ccc2ccccc12. The summed E-state index contributed by atoms with van der Waals surface area (Å²) in [6.07, 6.45) is 0. The molecule has 0 saturated carbocycles. The van der Waals surface area contributed by atoms with Crippen LogP contribution < -0.4 is 4.89 Å². The summed E-state index contributed by atoms with van der Waals surface area (Å²) in [4.78, 5) is 4.49. The molecule has 3 rings (SSSR count). The Kier molecular flexibility index (Phi) is 3.39. The molecule has 0 radical (unpaired) electrons. The second-order valence-corrected chi connectivity index (χ2v) is 4.26. The van der Waals surface area contributed by atoms with Gasteiger partial charge in [0.2, 0.25) is 0 Å². The van der Waals surface area contributed by atoms with E-state index in [0.29, 0.717) is 11.4 Å². The molecule has 0 unspecified atom stereocenters. The van der Waals surface area contributed by atoms with Gasteiger partial charge in [-0.25, -0.2) is 5.26 Å². The Hall–Kier alpha value is -2.72. The van der Waals surface area contributed by atoms with E-state index in [-0.39, 0.29) is 0 Å². The molecule has 0 bridgehead atoms. The number of fused-ring (bicyclic) bond motifs is 1. The average Bonchev–Trinajstić information content (AvgIpc) is 2.53. The highest BCUT2D eigenvalue weighted by Crippen LogP contribution is 2.36. The lowest BCUT2D eigenvalue weighted by molar-refractivity contribution is -0.135. The molecule has 0 aliphatic carbocycles. The molecular formula is C16H12N2O2. The van der Waals surface area contributed by atoms with Gasteiger partial charge in [0, 0.05) is 5.39 Å². The van der Waals surface area contributed by atoms with Crippen LogP contribution in [0, 0.1) is 0 Å². The van der Waals surface area contributed by atoms with Crippen LogP contribution in [0.25, 0.3) is 10.8 Å². The van der Waals surface area contributed by atoms with Crippen molar-refractivity contribution in [2.75, 3.05) is 0 Å². The van der Waals surface area contributed by atoms with Crippen molar-refractivity contribution in [2.24, 2.45) is 10.2 Å². The van der Waals surface area contributed by atoms with E-state index in [9.17, 15) is 0 Å². The Balaban J connectivity index is 2.05. The molecule has 0 aromatic heterocycles. The third kappa shape index (κ3) is 2.37. The average molecular weight is 264 g/mol. The third-order valence-electron chi connectivity index (χ3n) is 2.98. The molecule has 4 heteroatoms. The highest BCUT2D eigenvalue weighted by molar-refractivity contribution is 5.92. The second kappa shape index (κ2) is 5.50. The minimum Gasteiger partial charge on any atom is -0.337 e. The van der Waals surface area contributed by atoms with Gasteiger partial charge < -0.3 is 4.89 Å². The van der Waals surface area contributed by atoms with Gasteiger partial charge in [0.25, 0.3) is 0 Å². The first-order chi connectivity index (χ1) is 9.88. The Morgan fingerprint density at radius 1 is 0.750 bits per heavy atom. The number of nitrogens with zero attached hydrogens (tertiary/aromatic N) is 2. The van der Waals surface area contributed by atoms with Gasteiger partial charge >= 0.3 is 0 Å². The summed E-state index contributed by atoms with van der Waals surface area (Å²) in [5.41, 5.74) is 1.22. The van der Waals surface area contributed by atoms with Crippen molar-refractivity contribution in [1.82, 2.24) is 0 Å². The highest BCUT2D eigenvalue weighted by Gasteiger charge is 2.08. The smallest absolute Gasteiger partial charge is 0.200 e. The summed E-state index contributed by atoms with van der Waals surface area (Å²) in [6, 6.07) is 20.7. The van der Waals surface area contributed by atoms with E-state index < -0.39 is 0 Å². The molecule has 3 aromatic carbocycles. The van der Waals surface area contributed by atoms with Crippen LogP contribution in [0.5, 0.6) is 5.75 Å². The number of azo groups is 1. The van der Waals surface area contributed by atoms with E-state index >= 15 is 0 Å². The van der Waals surface area contributed by atoms with E-state index in [4.69, 9.17) is 5.26 Å². The van der Waals surface area contributed by atoms with Crippen LogP contribution in [0.4, 0.5) is 11.4 Å². The summed E-state index contributed by atoms with van der Waals surface area (Å²) in [5.74, 6) is 0.308. The van der Waals surface area contributed by atoms with Crippen LogP contribution in [0.2, 0.25) is 0 Å². The van der Waals surface area contributed by atoms with Crippen LogP contribution >= 0.6 is 0 Å². The van der Waals surface area contributed by atoms with E-state index in [2.05, 4.69) is 15.1 Å². The Labute approximate surface area is 115 Å². The molecular weight excluding hydrogens is 252 g/mol. The first-order valence-corrected chi connectivity index (χ1v) is 6.18. The molecule has 0 aliphatic heterocycles. The molecule has 0 aliphatic rings. The fraction of sp³-hybridized carbons (Fsp3) is 0. The van der Waals surface area contributed by atoms with Gasteiger partial charge in [0.1, 0.15) is 5.69 Å². The van der Waals surface area contributed by atoms with Gasteiger partial charge in [0.15, 0.2) is 5.75 Å². The standard InChI is InChI=1S/C16H12N2O2/c19-20-16-14-9-5-4-6-12(14)10-11-15(16)18-17-13-7-2-1-3-8-13/h1-11,19H. The van der Waals surface area contributed by atoms with E-state index in [1.165, 1.54) is 0 Å². The summed E-state index contributed by atoms with van der Waals surface area (Å²) in [7, 11) is 0. The molecule has 98 valence electrons. The molecule has 0 amide bonds. The summed E-state index contributed by atoms with van der Waals surface area (Å²) in [5, 5.41) is 19.1. The van der Waals surface area contributed by atoms with E-state index in [1.807, 2.05) is 60.7 Å². The third-order valence-corrected chi connectivity index (χ3v) is 2.98. The molecule has 20 heavy (non-hydrogen) atoms. The number of benzene rings is 3. The van der Waals surface area contributed by atoms with Crippen LogP contribution in [0.1, 0.15) is 0 Å². The second-order valence-electron chi connectivity index (χ2n) is 4.26. The Bertz CT molecular complexity index is 755. The summed E-state index contributed by atoms with van der Waals surface area (Å²) < 4.78 is 0. The van der Waals surface area contributed by atoms with Crippen molar-refractivity contribution in [3.8, 4) is 5.75 Å². The first-order valence-electron chi connectivity index (χ1n) is 6.18. The molecule has 0 atom stereocenters. The normalized spacial score (nSPS) is 11.1. The van der Waals surface area contributed by atoms with Gasteiger partial charge in [-0.1, -0.05) is 48.5 Å². The fourth-order valence-electron chi connectivity index (χ4n) is 2.01. The van der Waals surface area contributed by atoms with Crippen molar-refractivity contribution >= 4 is 22.1 Å². The lowest BCUT2D eigenvalue weighted by Crippen LogP contribution is -1.86. The predicted octanol–water partition coefficient (Wildman–Crippen LogP) is 5.11.